The van der Waals surface area contributed by atoms with Crippen LogP contribution in [0.1, 0.15) is 10.5 Å². The number of benzene rings is 1. The highest BCUT2D eigenvalue weighted by atomic mass is 32.2. The molecular weight excluding hydrogens is 336 g/mol. The molecule has 2 heterocycles. The number of anilines is 1. The zero-order valence-electron chi connectivity index (χ0n) is 12.6. The lowest BCUT2D eigenvalue weighted by molar-refractivity contribution is -0.118. The predicted octanol–water partition coefficient (Wildman–Crippen LogP) is -0.0207. The number of amides is 2. The standard InChI is InChI=1S/C14H14N4O5S/c1-18-6-2-3-11(18)14(20)16-17-24(21,22)9-4-5-12-10(7-9)15-13(19)8-23-12/h2-7,17H,8H2,1H3,(H,15,19)(H,16,20). The average Bonchev–Trinajstić information content (AvgIpc) is 2.98. The Hall–Kier alpha value is -2.85. The first-order chi connectivity index (χ1) is 11.4. The molecule has 24 heavy (non-hydrogen) atoms. The van der Waals surface area contributed by atoms with Crippen molar-refractivity contribution in [2.45, 2.75) is 4.90 Å². The van der Waals surface area contributed by atoms with Crippen molar-refractivity contribution in [3.05, 3.63) is 42.2 Å². The number of aromatic nitrogens is 1. The Morgan fingerprint density at radius 3 is 2.83 bits per heavy atom. The maximum absolute atomic E-state index is 12.3. The number of carbonyl (C=O) groups is 2. The minimum Gasteiger partial charge on any atom is -0.482 e. The second kappa shape index (κ2) is 5.98. The fourth-order valence-electron chi connectivity index (χ4n) is 2.16. The summed E-state index contributed by atoms with van der Waals surface area (Å²) in [5, 5.41) is 2.52. The number of carbonyl (C=O) groups excluding carboxylic acids is 2. The Bertz CT molecular complexity index is 919. The molecular formula is C14H14N4O5S. The van der Waals surface area contributed by atoms with E-state index in [0.29, 0.717) is 11.4 Å². The number of nitrogens with zero attached hydrogens (tertiary/aromatic N) is 1. The van der Waals surface area contributed by atoms with Crippen LogP contribution in [0.3, 0.4) is 0 Å². The highest BCUT2D eigenvalue weighted by Crippen LogP contribution is 2.29. The second-order valence-corrected chi connectivity index (χ2v) is 6.74. The topological polar surface area (TPSA) is 119 Å². The van der Waals surface area contributed by atoms with Crippen molar-refractivity contribution in [2.24, 2.45) is 7.05 Å². The molecule has 1 aromatic heterocycles. The molecule has 0 saturated carbocycles. The average molecular weight is 350 g/mol. The van der Waals surface area contributed by atoms with E-state index in [1.807, 2.05) is 4.83 Å². The van der Waals surface area contributed by atoms with Gasteiger partial charge in [-0.15, -0.1) is 4.83 Å². The van der Waals surface area contributed by atoms with Gasteiger partial charge in [-0.1, -0.05) is 0 Å². The van der Waals surface area contributed by atoms with Crippen LogP contribution in [0.15, 0.2) is 41.4 Å². The van der Waals surface area contributed by atoms with Crippen LogP contribution in [0.5, 0.6) is 5.75 Å². The first-order valence-corrected chi connectivity index (χ1v) is 8.35. The van der Waals surface area contributed by atoms with Crippen LogP contribution in [0, 0.1) is 0 Å². The molecule has 0 spiro atoms. The van der Waals surface area contributed by atoms with Crippen molar-refractivity contribution < 1.29 is 22.7 Å². The number of hydrazine groups is 1. The third-order valence-corrected chi connectivity index (χ3v) is 4.61. The maximum atomic E-state index is 12.3. The summed E-state index contributed by atoms with van der Waals surface area (Å²) in [4.78, 5) is 25.1. The van der Waals surface area contributed by atoms with Gasteiger partial charge in [-0.25, -0.2) is 8.42 Å². The molecule has 2 aromatic rings. The number of sulfonamides is 1. The highest BCUT2D eigenvalue weighted by molar-refractivity contribution is 7.89. The number of nitrogens with one attached hydrogen (secondary N) is 3. The van der Waals surface area contributed by atoms with Gasteiger partial charge in [0.1, 0.15) is 11.4 Å². The van der Waals surface area contributed by atoms with Crippen LogP contribution in [-0.2, 0) is 21.9 Å². The lowest BCUT2D eigenvalue weighted by atomic mass is 10.2. The fourth-order valence-corrected chi connectivity index (χ4v) is 3.03. The van der Waals surface area contributed by atoms with Crippen molar-refractivity contribution in [3.8, 4) is 5.75 Å². The van der Waals surface area contributed by atoms with Gasteiger partial charge in [0.05, 0.1) is 10.6 Å². The Morgan fingerprint density at radius 2 is 2.12 bits per heavy atom. The zero-order chi connectivity index (χ0) is 17.3. The monoisotopic (exact) mass is 350 g/mol. The van der Waals surface area contributed by atoms with Gasteiger partial charge in [0, 0.05) is 13.2 Å². The van der Waals surface area contributed by atoms with E-state index in [-0.39, 0.29) is 23.1 Å². The van der Waals surface area contributed by atoms with Gasteiger partial charge < -0.3 is 14.6 Å². The number of aryl methyl sites for hydroxylation is 1. The Labute approximate surface area is 137 Å². The van der Waals surface area contributed by atoms with Crippen molar-refractivity contribution in [1.82, 2.24) is 14.8 Å². The van der Waals surface area contributed by atoms with Gasteiger partial charge in [-0.05, 0) is 30.3 Å². The van der Waals surface area contributed by atoms with Crippen LogP contribution in [-0.4, -0.2) is 31.4 Å². The Kier molecular flexibility index (Phi) is 3.99. The van der Waals surface area contributed by atoms with E-state index < -0.39 is 15.9 Å². The second-order valence-electron chi connectivity index (χ2n) is 5.06. The van der Waals surface area contributed by atoms with E-state index in [1.165, 1.54) is 18.2 Å². The summed E-state index contributed by atoms with van der Waals surface area (Å²) >= 11 is 0. The first-order valence-electron chi connectivity index (χ1n) is 6.87. The molecule has 0 atom stereocenters. The summed E-state index contributed by atoms with van der Waals surface area (Å²) in [6, 6.07) is 7.21. The first kappa shape index (κ1) is 16.0. The third kappa shape index (κ3) is 3.09. The van der Waals surface area contributed by atoms with E-state index in [2.05, 4.69) is 10.7 Å². The lowest BCUT2D eigenvalue weighted by Gasteiger charge is -2.18. The molecule has 0 radical (unpaired) electrons. The highest BCUT2D eigenvalue weighted by Gasteiger charge is 2.21. The number of fused-ring (bicyclic) bond motifs is 1. The Morgan fingerprint density at radius 1 is 1.33 bits per heavy atom. The molecule has 1 aliphatic rings. The van der Waals surface area contributed by atoms with E-state index in [1.54, 1.807) is 29.9 Å². The smallest absolute Gasteiger partial charge is 0.282 e. The molecule has 126 valence electrons. The van der Waals surface area contributed by atoms with Crippen LogP contribution < -0.4 is 20.3 Å². The summed E-state index contributed by atoms with van der Waals surface area (Å²) in [7, 11) is -2.35. The quantitative estimate of drug-likeness (QED) is 0.670. The minimum atomic E-state index is -4.01. The molecule has 0 saturated heterocycles. The summed E-state index contributed by atoms with van der Waals surface area (Å²) in [5.41, 5.74) is 2.69. The van der Waals surface area contributed by atoms with Crippen molar-refractivity contribution in [3.63, 3.8) is 0 Å². The molecule has 2 amide bonds. The molecule has 1 aliphatic heterocycles. The molecule has 0 fully saturated rings. The van der Waals surface area contributed by atoms with Gasteiger partial charge in [0.25, 0.3) is 21.8 Å². The van der Waals surface area contributed by atoms with E-state index in [9.17, 15) is 18.0 Å². The summed E-state index contributed by atoms with van der Waals surface area (Å²) in [6.45, 7) is -0.121. The SMILES string of the molecule is Cn1cccc1C(=O)NNS(=O)(=O)c1ccc2c(c1)NC(=O)CO2. The lowest BCUT2D eigenvalue weighted by Crippen LogP contribution is -2.42. The predicted molar refractivity (Wildman–Crippen MR) is 83.8 cm³/mol. The van der Waals surface area contributed by atoms with Crippen LogP contribution in [0.4, 0.5) is 5.69 Å². The number of rotatable bonds is 4. The minimum absolute atomic E-state index is 0.121. The summed E-state index contributed by atoms with van der Waals surface area (Å²) < 4.78 is 31.3. The molecule has 9 nitrogen and oxygen atoms in total. The molecule has 3 N–H and O–H groups in total. The molecule has 1 aromatic carbocycles. The van der Waals surface area contributed by atoms with E-state index in [4.69, 9.17) is 4.74 Å². The van der Waals surface area contributed by atoms with Crippen molar-refractivity contribution in [1.29, 1.82) is 0 Å². The summed E-state index contributed by atoms with van der Waals surface area (Å²) in [6.07, 6.45) is 1.66. The van der Waals surface area contributed by atoms with E-state index >= 15 is 0 Å². The normalized spacial score (nSPS) is 13.6. The molecule has 10 heteroatoms. The van der Waals surface area contributed by atoms with Crippen molar-refractivity contribution in [2.75, 3.05) is 11.9 Å². The number of hydrogen-bond donors (Lipinski definition) is 3. The van der Waals surface area contributed by atoms with Crippen molar-refractivity contribution >= 4 is 27.5 Å². The number of ether oxygens (including phenoxy) is 1. The van der Waals surface area contributed by atoms with Gasteiger partial charge >= 0.3 is 0 Å². The largest absolute Gasteiger partial charge is 0.482 e. The van der Waals surface area contributed by atoms with Crippen LogP contribution >= 0.6 is 0 Å². The third-order valence-electron chi connectivity index (χ3n) is 3.37. The summed E-state index contributed by atoms with van der Waals surface area (Å²) in [5.74, 6) is -0.593. The maximum Gasteiger partial charge on any atom is 0.282 e. The van der Waals surface area contributed by atoms with Gasteiger partial charge in [0.15, 0.2) is 6.61 Å². The van der Waals surface area contributed by atoms with E-state index in [0.717, 1.165) is 0 Å². The molecule has 0 aliphatic carbocycles. The molecule has 0 bridgehead atoms. The Balaban J connectivity index is 1.76. The molecule has 0 unspecified atom stereocenters. The molecule has 3 rings (SSSR count). The van der Waals surface area contributed by atoms with Crippen LogP contribution in [0.25, 0.3) is 0 Å². The van der Waals surface area contributed by atoms with Gasteiger partial charge in [-0.2, -0.15) is 0 Å². The van der Waals surface area contributed by atoms with Gasteiger partial charge in [0.2, 0.25) is 0 Å². The number of hydrogen-bond acceptors (Lipinski definition) is 5. The van der Waals surface area contributed by atoms with Crippen LogP contribution in [0.2, 0.25) is 0 Å². The fraction of sp³-hybridized carbons (Fsp3) is 0.143. The zero-order valence-corrected chi connectivity index (χ0v) is 13.4. The van der Waals surface area contributed by atoms with Gasteiger partial charge in [-0.3, -0.25) is 15.0 Å².